The number of anilines is 1. The van der Waals surface area contributed by atoms with E-state index in [4.69, 9.17) is 0 Å². The van der Waals surface area contributed by atoms with Crippen LogP contribution in [0.4, 0.5) is 5.13 Å². The number of nitrogens with zero attached hydrogens (tertiary/aromatic N) is 1. The van der Waals surface area contributed by atoms with Crippen molar-refractivity contribution in [3.63, 3.8) is 0 Å². The standard InChI is InChI=1S/C17H13IN2OS/c1-11-5-7-14-15(9-11)22-17(19-14)20-16(21)8-6-12-3-2-4-13(18)10-12/h2-10H,1H3,(H,19,20,21). The van der Waals surface area contributed by atoms with E-state index >= 15 is 0 Å². The van der Waals surface area contributed by atoms with Crippen LogP contribution in [0.5, 0.6) is 0 Å². The lowest BCUT2D eigenvalue weighted by Crippen LogP contribution is -2.07. The Bertz CT molecular complexity index is 870. The maximum absolute atomic E-state index is 12.0. The molecule has 0 saturated carbocycles. The summed E-state index contributed by atoms with van der Waals surface area (Å²) in [4.78, 5) is 16.4. The first-order valence-electron chi connectivity index (χ1n) is 6.72. The van der Waals surface area contributed by atoms with Crippen molar-refractivity contribution < 1.29 is 4.79 Å². The fourth-order valence-electron chi connectivity index (χ4n) is 2.01. The summed E-state index contributed by atoms with van der Waals surface area (Å²) in [6.45, 7) is 2.04. The van der Waals surface area contributed by atoms with Gasteiger partial charge in [-0.25, -0.2) is 4.98 Å². The highest BCUT2D eigenvalue weighted by Crippen LogP contribution is 2.26. The van der Waals surface area contributed by atoms with Gasteiger partial charge >= 0.3 is 0 Å². The summed E-state index contributed by atoms with van der Waals surface area (Å²) in [5.41, 5.74) is 3.10. The van der Waals surface area contributed by atoms with E-state index < -0.39 is 0 Å². The van der Waals surface area contributed by atoms with Gasteiger partial charge in [0, 0.05) is 9.65 Å². The van der Waals surface area contributed by atoms with E-state index in [1.165, 1.54) is 23.0 Å². The predicted octanol–water partition coefficient (Wildman–Crippen LogP) is 4.86. The first kappa shape index (κ1) is 15.2. The highest BCUT2D eigenvalue weighted by molar-refractivity contribution is 14.1. The third kappa shape index (κ3) is 3.72. The summed E-state index contributed by atoms with van der Waals surface area (Å²) in [6, 6.07) is 14.0. The summed E-state index contributed by atoms with van der Waals surface area (Å²) in [6.07, 6.45) is 3.33. The van der Waals surface area contributed by atoms with Gasteiger partial charge in [0.15, 0.2) is 5.13 Å². The number of aromatic nitrogens is 1. The number of halogens is 1. The molecule has 0 saturated heterocycles. The van der Waals surface area contributed by atoms with E-state index in [1.807, 2.05) is 43.3 Å². The zero-order chi connectivity index (χ0) is 15.5. The lowest BCUT2D eigenvalue weighted by molar-refractivity contribution is -0.111. The van der Waals surface area contributed by atoms with E-state index in [1.54, 1.807) is 6.08 Å². The molecule has 3 nitrogen and oxygen atoms in total. The lowest BCUT2D eigenvalue weighted by atomic mass is 10.2. The normalized spacial score (nSPS) is 11.2. The number of aryl methyl sites for hydroxylation is 1. The van der Waals surface area contributed by atoms with Crippen LogP contribution in [0.15, 0.2) is 48.5 Å². The van der Waals surface area contributed by atoms with Crippen molar-refractivity contribution in [2.24, 2.45) is 0 Å². The zero-order valence-corrected chi connectivity index (χ0v) is 14.8. The van der Waals surface area contributed by atoms with Crippen LogP contribution < -0.4 is 5.32 Å². The minimum atomic E-state index is -0.172. The molecular formula is C17H13IN2OS. The molecule has 5 heteroatoms. The fourth-order valence-corrected chi connectivity index (χ4v) is 3.55. The van der Waals surface area contributed by atoms with Gasteiger partial charge in [-0.15, -0.1) is 0 Å². The van der Waals surface area contributed by atoms with Gasteiger partial charge in [0.1, 0.15) is 0 Å². The molecule has 22 heavy (non-hydrogen) atoms. The number of amides is 1. The topological polar surface area (TPSA) is 42.0 Å². The number of nitrogens with one attached hydrogen (secondary N) is 1. The molecule has 0 bridgehead atoms. The van der Waals surface area contributed by atoms with E-state index in [0.29, 0.717) is 5.13 Å². The number of hydrogen-bond donors (Lipinski definition) is 1. The first-order chi connectivity index (χ1) is 10.6. The number of carbonyl (C=O) groups is 1. The Morgan fingerprint density at radius 1 is 1.27 bits per heavy atom. The Morgan fingerprint density at radius 2 is 2.14 bits per heavy atom. The molecule has 1 heterocycles. The van der Waals surface area contributed by atoms with Crippen molar-refractivity contribution in [2.75, 3.05) is 5.32 Å². The Kier molecular flexibility index (Phi) is 4.54. The molecule has 0 atom stereocenters. The second-order valence-corrected chi connectivity index (χ2v) is 7.14. The SMILES string of the molecule is Cc1ccc2nc(NC(=O)C=Cc3cccc(I)c3)sc2c1. The summed E-state index contributed by atoms with van der Waals surface area (Å²) < 4.78 is 2.22. The monoisotopic (exact) mass is 420 g/mol. The quantitative estimate of drug-likeness (QED) is 0.486. The summed E-state index contributed by atoms with van der Waals surface area (Å²) in [5.74, 6) is -0.172. The summed E-state index contributed by atoms with van der Waals surface area (Å²) >= 11 is 3.73. The van der Waals surface area contributed by atoms with Crippen molar-refractivity contribution >= 4 is 61.3 Å². The van der Waals surface area contributed by atoms with E-state index in [-0.39, 0.29) is 5.91 Å². The van der Waals surface area contributed by atoms with E-state index in [9.17, 15) is 4.79 Å². The molecule has 0 unspecified atom stereocenters. The molecule has 0 aliphatic heterocycles. The molecule has 3 aromatic rings. The van der Waals surface area contributed by atoms with E-state index in [0.717, 1.165) is 19.4 Å². The molecular weight excluding hydrogens is 407 g/mol. The average Bonchev–Trinajstić information content (AvgIpc) is 2.86. The molecule has 2 aromatic carbocycles. The maximum Gasteiger partial charge on any atom is 0.250 e. The second-order valence-electron chi connectivity index (χ2n) is 4.87. The van der Waals surface area contributed by atoms with Gasteiger partial charge in [0.2, 0.25) is 5.91 Å². The number of benzene rings is 2. The van der Waals surface area contributed by atoms with Gasteiger partial charge in [-0.3, -0.25) is 10.1 Å². The second kappa shape index (κ2) is 6.58. The van der Waals surface area contributed by atoms with Crippen LogP contribution in [0, 0.1) is 10.5 Å². The highest BCUT2D eigenvalue weighted by atomic mass is 127. The molecule has 110 valence electrons. The van der Waals surface area contributed by atoms with Crippen LogP contribution >= 0.6 is 33.9 Å². The number of hydrogen-bond acceptors (Lipinski definition) is 3. The van der Waals surface area contributed by atoms with Crippen LogP contribution in [-0.2, 0) is 4.79 Å². The van der Waals surface area contributed by atoms with Crippen molar-refractivity contribution in [1.29, 1.82) is 0 Å². The summed E-state index contributed by atoms with van der Waals surface area (Å²) in [5, 5.41) is 3.44. The molecule has 1 N–H and O–H groups in total. The van der Waals surface area contributed by atoms with Gasteiger partial charge in [0.25, 0.3) is 0 Å². The number of fused-ring (bicyclic) bond motifs is 1. The predicted molar refractivity (Wildman–Crippen MR) is 101 cm³/mol. The molecule has 0 aliphatic carbocycles. The number of thiazole rings is 1. The Labute approximate surface area is 146 Å². The van der Waals surface area contributed by atoms with Crippen LogP contribution in [0.2, 0.25) is 0 Å². The molecule has 0 aliphatic rings. The third-order valence-corrected chi connectivity index (χ3v) is 4.65. The highest BCUT2D eigenvalue weighted by Gasteiger charge is 2.05. The van der Waals surface area contributed by atoms with Crippen LogP contribution in [0.25, 0.3) is 16.3 Å². The van der Waals surface area contributed by atoms with Gasteiger partial charge in [-0.05, 0) is 71.0 Å². The smallest absolute Gasteiger partial charge is 0.250 e. The van der Waals surface area contributed by atoms with Gasteiger partial charge in [-0.2, -0.15) is 0 Å². The van der Waals surface area contributed by atoms with Crippen LogP contribution in [0.3, 0.4) is 0 Å². The van der Waals surface area contributed by atoms with Gasteiger partial charge < -0.3 is 0 Å². The Morgan fingerprint density at radius 3 is 2.95 bits per heavy atom. The lowest BCUT2D eigenvalue weighted by Gasteiger charge is -1.96. The fraction of sp³-hybridized carbons (Fsp3) is 0.0588. The summed E-state index contributed by atoms with van der Waals surface area (Å²) in [7, 11) is 0. The van der Waals surface area contributed by atoms with Crippen molar-refractivity contribution in [1.82, 2.24) is 4.98 Å². The average molecular weight is 420 g/mol. The Balaban J connectivity index is 1.72. The Hall–Kier alpha value is -1.73. The molecule has 1 amide bonds. The molecule has 0 fully saturated rings. The number of rotatable bonds is 3. The van der Waals surface area contributed by atoms with Crippen molar-refractivity contribution in [2.45, 2.75) is 6.92 Å². The molecule has 0 spiro atoms. The van der Waals surface area contributed by atoms with Gasteiger partial charge in [0.05, 0.1) is 10.2 Å². The first-order valence-corrected chi connectivity index (χ1v) is 8.61. The molecule has 1 aromatic heterocycles. The van der Waals surface area contributed by atoms with Crippen molar-refractivity contribution in [3.05, 3.63) is 63.2 Å². The molecule has 3 rings (SSSR count). The van der Waals surface area contributed by atoms with E-state index in [2.05, 4.69) is 39.0 Å². The third-order valence-electron chi connectivity index (χ3n) is 3.05. The maximum atomic E-state index is 12.0. The number of carbonyl (C=O) groups excluding carboxylic acids is 1. The van der Waals surface area contributed by atoms with Crippen LogP contribution in [-0.4, -0.2) is 10.9 Å². The van der Waals surface area contributed by atoms with Crippen LogP contribution in [0.1, 0.15) is 11.1 Å². The van der Waals surface area contributed by atoms with Gasteiger partial charge in [-0.1, -0.05) is 29.5 Å². The zero-order valence-electron chi connectivity index (χ0n) is 11.8. The van der Waals surface area contributed by atoms with Crippen molar-refractivity contribution in [3.8, 4) is 0 Å². The minimum absolute atomic E-state index is 0.172. The molecule has 0 radical (unpaired) electrons. The minimum Gasteiger partial charge on any atom is -0.298 e. The largest absolute Gasteiger partial charge is 0.298 e.